The number of hydrogen-bond donors (Lipinski definition) is 1. The zero-order valence-electron chi connectivity index (χ0n) is 9.91. The Kier molecular flexibility index (Phi) is 3.13. The highest BCUT2D eigenvalue weighted by Gasteiger charge is 2.20. The van der Waals surface area contributed by atoms with Gasteiger partial charge < -0.3 is 5.32 Å². The van der Waals surface area contributed by atoms with E-state index in [4.69, 9.17) is 0 Å². The molecule has 0 spiro atoms. The molecule has 7 nitrogen and oxygen atoms in total. The summed E-state index contributed by atoms with van der Waals surface area (Å²) >= 11 is 0. The van der Waals surface area contributed by atoms with Gasteiger partial charge in [0.05, 0.1) is 4.92 Å². The molecule has 0 fully saturated rings. The topological polar surface area (TPSA) is 93.8 Å². The molecule has 0 bridgehead atoms. The van der Waals surface area contributed by atoms with Crippen molar-refractivity contribution in [1.82, 2.24) is 15.0 Å². The quantitative estimate of drug-likeness (QED) is 0.654. The van der Waals surface area contributed by atoms with Crippen molar-refractivity contribution in [2.75, 3.05) is 12.4 Å². The Morgan fingerprint density at radius 3 is 2.78 bits per heavy atom. The summed E-state index contributed by atoms with van der Waals surface area (Å²) in [6.07, 6.45) is 4.38. The van der Waals surface area contributed by atoms with E-state index in [1.807, 2.05) is 6.92 Å². The van der Waals surface area contributed by atoms with Gasteiger partial charge in [0.25, 0.3) is 0 Å². The average Bonchev–Trinajstić information content (AvgIpc) is 2.38. The van der Waals surface area contributed by atoms with Gasteiger partial charge in [-0.3, -0.25) is 15.1 Å². The first-order valence-electron chi connectivity index (χ1n) is 5.23. The fourth-order valence-corrected chi connectivity index (χ4v) is 1.54. The monoisotopic (exact) mass is 245 g/mol. The first-order chi connectivity index (χ1) is 8.63. The number of hydrogen-bond acceptors (Lipinski definition) is 6. The number of aryl methyl sites for hydroxylation is 1. The zero-order chi connectivity index (χ0) is 13.1. The Labute approximate surface area is 103 Å². The lowest BCUT2D eigenvalue weighted by Gasteiger charge is -2.06. The van der Waals surface area contributed by atoms with Crippen LogP contribution in [-0.4, -0.2) is 26.9 Å². The molecule has 2 aromatic heterocycles. The number of rotatable bonds is 3. The summed E-state index contributed by atoms with van der Waals surface area (Å²) in [5, 5.41) is 13.7. The zero-order valence-corrected chi connectivity index (χ0v) is 9.91. The van der Waals surface area contributed by atoms with Gasteiger partial charge in [0.1, 0.15) is 6.20 Å². The number of anilines is 1. The van der Waals surface area contributed by atoms with E-state index in [0.29, 0.717) is 11.5 Å². The Balaban J connectivity index is 2.68. The van der Waals surface area contributed by atoms with Crippen molar-refractivity contribution in [3.8, 4) is 11.3 Å². The molecule has 1 N–H and O–H groups in total. The number of aromatic nitrogens is 3. The molecular weight excluding hydrogens is 234 g/mol. The summed E-state index contributed by atoms with van der Waals surface area (Å²) in [4.78, 5) is 22.5. The van der Waals surface area contributed by atoms with Crippen LogP contribution < -0.4 is 5.32 Å². The third-order valence-corrected chi connectivity index (χ3v) is 2.48. The summed E-state index contributed by atoms with van der Waals surface area (Å²) in [6, 6.07) is 1.78. The lowest BCUT2D eigenvalue weighted by atomic mass is 10.1. The fourth-order valence-electron chi connectivity index (χ4n) is 1.54. The van der Waals surface area contributed by atoms with Gasteiger partial charge in [-0.2, -0.15) is 0 Å². The second-order valence-electron chi connectivity index (χ2n) is 3.63. The molecule has 0 aliphatic rings. The van der Waals surface area contributed by atoms with Gasteiger partial charge in [-0.05, 0) is 18.6 Å². The molecule has 0 saturated heterocycles. The van der Waals surface area contributed by atoms with Gasteiger partial charge >= 0.3 is 5.69 Å². The number of nitro groups is 1. The maximum Gasteiger partial charge on any atom is 0.313 e. The highest BCUT2D eigenvalue weighted by Crippen LogP contribution is 2.29. The lowest BCUT2D eigenvalue weighted by Crippen LogP contribution is -2.02. The molecule has 0 aliphatic heterocycles. The highest BCUT2D eigenvalue weighted by molar-refractivity contribution is 5.71. The van der Waals surface area contributed by atoms with Crippen LogP contribution in [-0.2, 0) is 0 Å². The molecule has 2 heterocycles. The molecule has 0 saturated carbocycles. The molecule has 2 aromatic rings. The van der Waals surface area contributed by atoms with Crippen LogP contribution in [0.5, 0.6) is 0 Å². The van der Waals surface area contributed by atoms with Gasteiger partial charge in [0.2, 0.25) is 5.95 Å². The minimum absolute atomic E-state index is 0.134. The lowest BCUT2D eigenvalue weighted by molar-refractivity contribution is -0.384. The smallest absolute Gasteiger partial charge is 0.313 e. The molecule has 92 valence electrons. The third kappa shape index (κ3) is 2.10. The molecule has 0 aliphatic carbocycles. The second kappa shape index (κ2) is 4.74. The van der Waals surface area contributed by atoms with Crippen LogP contribution in [0.2, 0.25) is 0 Å². The third-order valence-electron chi connectivity index (χ3n) is 2.48. The van der Waals surface area contributed by atoms with Crippen LogP contribution in [0.1, 0.15) is 5.56 Å². The van der Waals surface area contributed by atoms with E-state index in [9.17, 15) is 10.1 Å². The van der Waals surface area contributed by atoms with Crippen molar-refractivity contribution in [2.24, 2.45) is 0 Å². The van der Waals surface area contributed by atoms with Crippen LogP contribution in [0.4, 0.5) is 11.6 Å². The standard InChI is InChI=1S/C11H11N5O2/c1-7-3-4-13-5-8(7)10-9(16(17)18)6-14-11(12-2)15-10/h3-6H,1-2H3,(H,12,14,15). The Morgan fingerprint density at radius 2 is 2.17 bits per heavy atom. The van der Waals surface area contributed by atoms with E-state index in [1.165, 1.54) is 6.20 Å². The predicted octanol–water partition coefficient (Wildman–Crippen LogP) is 1.80. The van der Waals surface area contributed by atoms with Gasteiger partial charge in [-0.1, -0.05) is 0 Å². The van der Waals surface area contributed by atoms with Gasteiger partial charge in [0.15, 0.2) is 5.69 Å². The van der Waals surface area contributed by atoms with Crippen molar-refractivity contribution in [3.63, 3.8) is 0 Å². The molecule has 0 aromatic carbocycles. The largest absolute Gasteiger partial charge is 0.357 e. The maximum atomic E-state index is 11.0. The maximum absolute atomic E-state index is 11.0. The molecule has 18 heavy (non-hydrogen) atoms. The first-order valence-corrected chi connectivity index (χ1v) is 5.23. The van der Waals surface area contributed by atoms with E-state index in [-0.39, 0.29) is 11.4 Å². The fraction of sp³-hybridized carbons (Fsp3) is 0.182. The molecule has 0 radical (unpaired) electrons. The van der Waals surface area contributed by atoms with Crippen molar-refractivity contribution in [1.29, 1.82) is 0 Å². The van der Waals surface area contributed by atoms with Crippen molar-refractivity contribution in [2.45, 2.75) is 6.92 Å². The predicted molar refractivity (Wildman–Crippen MR) is 66.2 cm³/mol. The minimum atomic E-state index is -0.499. The first kappa shape index (κ1) is 11.9. The average molecular weight is 245 g/mol. The molecule has 0 unspecified atom stereocenters. The Morgan fingerprint density at radius 1 is 1.39 bits per heavy atom. The molecule has 7 heteroatoms. The van der Waals surface area contributed by atoms with Gasteiger partial charge in [-0.15, -0.1) is 0 Å². The SMILES string of the molecule is CNc1ncc([N+](=O)[O-])c(-c2cnccc2C)n1. The van der Waals surface area contributed by atoms with Crippen molar-refractivity contribution in [3.05, 3.63) is 40.3 Å². The Bertz CT molecular complexity index is 600. The number of pyridine rings is 1. The molecular formula is C11H11N5O2. The van der Waals surface area contributed by atoms with E-state index in [1.54, 1.807) is 25.5 Å². The summed E-state index contributed by atoms with van der Waals surface area (Å²) in [7, 11) is 1.65. The van der Waals surface area contributed by atoms with Crippen LogP contribution in [0.25, 0.3) is 11.3 Å². The van der Waals surface area contributed by atoms with E-state index in [0.717, 1.165) is 5.56 Å². The second-order valence-corrected chi connectivity index (χ2v) is 3.63. The van der Waals surface area contributed by atoms with Crippen molar-refractivity contribution >= 4 is 11.6 Å². The molecule has 0 atom stereocenters. The van der Waals surface area contributed by atoms with Gasteiger partial charge in [-0.25, -0.2) is 9.97 Å². The number of nitrogens with zero attached hydrogens (tertiary/aromatic N) is 4. The summed E-state index contributed by atoms with van der Waals surface area (Å²) in [5.74, 6) is 0.332. The van der Waals surface area contributed by atoms with Crippen LogP contribution in [0.15, 0.2) is 24.7 Å². The van der Waals surface area contributed by atoms with E-state index < -0.39 is 4.92 Å². The van der Waals surface area contributed by atoms with Crippen molar-refractivity contribution < 1.29 is 4.92 Å². The Hall–Kier alpha value is -2.57. The summed E-state index contributed by atoms with van der Waals surface area (Å²) in [6.45, 7) is 1.85. The van der Waals surface area contributed by atoms with Crippen LogP contribution in [0.3, 0.4) is 0 Å². The molecule has 2 rings (SSSR count). The van der Waals surface area contributed by atoms with Crippen LogP contribution >= 0.6 is 0 Å². The van der Waals surface area contributed by atoms with E-state index >= 15 is 0 Å². The van der Waals surface area contributed by atoms with Gasteiger partial charge in [0, 0.05) is 25.0 Å². The number of nitrogens with one attached hydrogen (secondary N) is 1. The normalized spacial score (nSPS) is 10.1. The summed E-state index contributed by atoms with van der Waals surface area (Å²) in [5.41, 5.74) is 1.63. The summed E-state index contributed by atoms with van der Waals surface area (Å²) < 4.78 is 0. The van der Waals surface area contributed by atoms with E-state index in [2.05, 4.69) is 20.3 Å². The van der Waals surface area contributed by atoms with Crippen LogP contribution in [0, 0.1) is 17.0 Å². The molecule has 0 amide bonds. The minimum Gasteiger partial charge on any atom is -0.357 e. The highest BCUT2D eigenvalue weighted by atomic mass is 16.6.